The van der Waals surface area contributed by atoms with Gasteiger partial charge in [0.2, 0.25) is 5.91 Å². The summed E-state index contributed by atoms with van der Waals surface area (Å²) in [4.78, 5) is 24.0. The van der Waals surface area contributed by atoms with Crippen LogP contribution in [0.3, 0.4) is 0 Å². The number of pyridine rings is 1. The fourth-order valence-corrected chi connectivity index (χ4v) is 4.60. The van der Waals surface area contributed by atoms with E-state index in [0.717, 1.165) is 22.4 Å². The number of thioether (sulfide) groups is 1. The summed E-state index contributed by atoms with van der Waals surface area (Å²) >= 11 is 7.77. The number of anilines is 1. The molecule has 1 unspecified atom stereocenters. The predicted octanol–water partition coefficient (Wildman–Crippen LogP) is 6.04. The van der Waals surface area contributed by atoms with E-state index in [-0.39, 0.29) is 5.91 Å². The summed E-state index contributed by atoms with van der Waals surface area (Å²) in [6.45, 7) is 7.63. The van der Waals surface area contributed by atoms with Gasteiger partial charge in [-0.2, -0.15) is 0 Å². The van der Waals surface area contributed by atoms with E-state index < -0.39 is 5.25 Å². The van der Waals surface area contributed by atoms with Crippen LogP contribution in [-0.2, 0) is 4.79 Å². The normalized spacial score (nSPS) is 12.0. The topological polar surface area (TPSA) is 51.0 Å². The molecule has 0 saturated heterocycles. The zero-order valence-electron chi connectivity index (χ0n) is 17.2. The molecule has 0 N–H and O–H groups in total. The lowest BCUT2D eigenvalue weighted by atomic mass is 10.2. The Bertz CT molecular complexity index is 1260. The highest BCUT2D eigenvalue weighted by atomic mass is 35.5. The molecule has 0 aliphatic carbocycles. The van der Waals surface area contributed by atoms with Crippen molar-refractivity contribution in [2.75, 3.05) is 4.90 Å². The average molecular weight is 449 g/mol. The van der Waals surface area contributed by atoms with E-state index >= 15 is 0 Å². The molecule has 0 bridgehead atoms. The van der Waals surface area contributed by atoms with E-state index in [1.807, 2.05) is 79.1 Å². The van der Waals surface area contributed by atoms with Gasteiger partial charge >= 0.3 is 0 Å². The molecule has 4 rings (SSSR count). The maximum Gasteiger partial charge on any atom is 0.244 e. The smallest absolute Gasteiger partial charge is 0.244 e. The molecular formula is C24H21ClN4OS. The van der Waals surface area contributed by atoms with Crippen molar-refractivity contribution < 1.29 is 4.79 Å². The number of amides is 1. The molecule has 156 valence electrons. The number of fused-ring (bicyclic) bond motifs is 1. The third kappa shape index (κ3) is 4.22. The van der Waals surface area contributed by atoms with Crippen molar-refractivity contribution in [2.24, 2.45) is 0 Å². The monoisotopic (exact) mass is 448 g/mol. The average Bonchev–Trinajstić information content (AvgIpc) is 3.13. The number of benzene rings is 2. The summed E-state index contributed by atoms with van der Waals surface area (Å²) in [7, 11) is 0. The number of para-hydroxylation sites is 1. The highest BCUT2D eigenvalue weighted by Gasteiger charge is 2.25. The standard InChI is InChI=1S/C24H21ClN4OS/c1-4-28(21-13-12-16(2)15-19(21)25)23(30)17(3)31-24-27-20-11-8-14-26-22(20)29(24)18-9-6-5-7-10-18/h4-15,17H,1H2,2-3H3. The number of aromatic nitrogens is 3. The number of nitrogens with zero attached hydrogens (tertiary/aromatic N) is 4. The van der Waals surface area contributed by atoms with Crippen LogP contribution < -0.4 is 4.90 Å². The molecule has 2 heterocycles. The molecule has 2 aromatic carbocycles. The number of hydrogen-bond donors (Lipinski definition) is 0. The maximum absolute atomic E-state index is 13.3. The number of carbonyl (C=O) groups excluding carboxylic acids is 1. The number of rotatable bonds is 6. The Hall–Kier alpha value is -3.09. The molecule has 31 heavy (non-hydrogen) atoms. The lowest BCUT2D eigenvalue weighted by molar-refractivity contribution is -0.117. The second-order valence-corrected chi connectivity index (χ2v) is 8.73. The van der Waals surface area contributed by atoms with Gasteiger partial charge in [-0.15, -0.1) is 0 Å². The third-order valence-electron chi connectivity index (χ3n) is 4.81. The minimum atomic E-state index is -0.436. The molecule has 5 nitrogen and oxygen atoms in total. The van der Waals surface area contributed by atoms with Gasteiger partial charge in [-0.3, -0.25) is 14.3 Å². The molecule has 0 aliphatic rings. The first kappa shape index (κ1) is 21.2. The number of imidazole rings is 1. The van der Waals surface area contributed by atoms with E-state index in [9.17, 15) is 4.79 Å². The van der Waals surface area contributed by atoms with Crippen molar-refractivity contribution in [3.8, 4) is 5.69 Å². The van der Waals surface area contributed by atoms with E-state index in [0.29, 0.717) is 15.9 Å². The van der Waals surface area contributed by atoms with Crippen LogP contribution in [0.25, 0.3) is 16.9 Å². The van der Waals surface area contributed by atoms with Crippen LogP contribution in [0.4, 0.5) is 5.69 Å². The molecule has 0 radical (unpaired) electrons. The fraction of sp³-hybridized carbons (Fsp3) is 0.125. The Morgan fingerprint density at radius 3 is 2.68 bits per heavy atom. The Balaban J connectivity index is 1.69. The van der Waals surface area contributed by atoms with Gasteiger partial charge in [-0.1, -0.05) is 54.2 Å². The summed E-state index contributed by atoms with van der Waals surface area (Å²) in [6, 6.07) is 19.2. The minimum absolute atomic E-state index is 0.134. The highest BCUT2D eigenvalue weighted by molar-refractivity contribution is 8.00. The zero-order valence-corrected chi connectivity index (χ0v) is 18.8. The number of hydrogen-bond acceptors (Lipinski definition) is 4. The van der Waals surface area contributed by atoms with Crippen molar-refractivity contribution in [2.45, 2.75) is 24.3 Å². The van der Waals surface area contributed by atoms with E-state index in [1.54, 1.807) is 6.20 Å². The number of aryl methyl sites for hydroxylation is 1. The molecule has 7 heteroatoms. The van der Waals surface area contributed by atoms with Gasteiger partial charge in [0.25, 0.3) is 0 Å². The highest BCUT2D eigenvalue weighted by Crippen LogP contribution is 2.33. The van der Waals surface area contributed by atoms with Gasteiger partial charge in [0.05, 0.1) is 16.0 Å². The Kier molecular flexibility index (Phi) is 6.11. The molecule has 4 aromatic rings. The number of carbonyl (C=O) groups is 1. The lowest BCUT2D eigenvalue weighted by Crippen LogP contribution is -2.32. The van der Waals surface area contributed by atoms with Crippen molar-refractivity contribution in [3.63, 3.8) is 0 Å². The molecular weight excluding hydrogens is 428 g/mol. The van der Waals surface area contributed by atoms with Gasteiger partial charge in [0.1, 0.15) is 5.52 Å². The van der Waals surface area contributed by atoms with Gasteiger partial charge in [-0.25, -0.2) is 9.97 Å². The quantitative estimate of drug-likeness (QED) is 0.337. The van der Waals surface area contributed by atoms with Gasteiger partial charge in [0.15, 0.2) is 10.8 Å². The van der Waals surface area contributed by atoms with Crippen molar-refractivity contribution in [1.29, 1.82) is 0 Å². The third-order valence-corrected chi connectivity index (χ3v) is 6.15. The largest absolute Gasteiger partial charge is 0.286 e. The van der Waals surface area contributed by atoms with Crippen LogP contribution in [0.1, 0.15) is 12.5 Å². The Morgan fingerprint density at radius 2 is 1.97 bits per heavy atom. The molecule has 0 aliphatic heterocycles. The maximum atomic E-state index is 13.3. The summed E-state index contributed by atoms with van der Waals surface area (Å²) in [6.07, 6.45) is 3.24. The first-order valence-corrected chi connectivity index (χ1v) is 11.0. The van der Waals surface area contributed by atoms with Crippen LogP contribution in [0.5, 0.6) is 0 Å². The molecule has 1 atom stereocenters. The first-order valence-electron chi connectivity index (χ1n) is 9.77. The van der Waals surface area contributed by atoms with Crippen LogP contribution in [0.2, 0.25) is 5.02 Å². The van der Waals surface area contributed by atoms with Crippen molar-refractivity contribution in [3.05, 3.63) is 90.2 Å². The Morgan fingerprint density at radius 1 is 1.19 bits per heavy atom. The zero-order chi connectivity index (χ0) is 22.0. The summed E-state index contributed by atoms with van der Waals surface area (Å²) in [5.41, 5.74) is 4.09. The van der Waals surface area contributed by atoms with E-state index in [4.69, 9.17) is 16.6 Å². The van der Waals surface area contributed by atoms with Crippen molar-refractivity contribution >= 4 is 46.1 Å². The molecule has 1 amide bonds. The second kappa shape index (κ2) is 8.96. The van der Waals surface area contributed by atoms with Gasteiger partial charge < -0.3 is 0 Å². The summed E-state index contributed by atoms with van der Waals surface area (Å²) in [5.74, 6) is -0.134. The summed E-state index contributed by atoms with van der Waals surface area (Å²) in [5, 5.41) is 0.764. The SMILES string of the molecule is C=CN(C(=O)C(C)Sc1nc2cccnc2n1-c1ccccc1)c1ccc(C)cc1Cl. The molecule has 2 aromatic heterocycles. The second-order valence-electron chi connectivity index (χ2n) is 7.02. The van der Waals surface area contributed by atoms with Gasteiger partial charge in [-0.05, 0) is 55.8 Å². The van der Waals surface area contributed by atoms with Crippen LogP contribution >= 0.6 is 23.4 Å². The molecule has 0 fully saturated rings. The van der Waals surface area contributed by atoms with Crippen molar-refractivity contribution in [1.82, 2.24) is 14.5 Å². The minimum Gasteiger partial charge on any atom is -0.286 e. The van der Waals surface area contributed by atoms with Crippen LogP contribution in [0.15, 0.2) is 84.8 Å². The first-order chi connectivity index (χ1) is 15.0. The fourth-order valence-electron chi connectivity index (χ4n) is 3.30. The van der Waals surface area contributed by atoms with Gasteiger partial charge in [0, 0.05) is 18.1 Å². The van der Waals surface area contributed by atoms with E-state index in [2.05, 4.69) is 11.6 Å². The predicted molar refractivity (Wildman–Crippen MR) is 128 cm³/mol. The molecule has 0 spiro atoms. The Labute approximate surface area is 190 Å². The summed E-state index contributed by atoms with van der Waals surface area (Å²) < 4.78 is 1.97. The van der Waals surface area contributed by atoms with Crippen LogP contribution in [0, 0.1) is 6.92 Å². The molecule has 0 saturated carbocycles. The lowest BCUT2D eigenvalue weighted by Gasteiger charge is -2.23. The van der Waals surface area contributed by atoms with E-state index in [1.165, 1.54) is 22.9 Å². The number of halogens is 1. The van der Waals surface area contributed by atoms with Crippen LogP contribution in [-0.4, -0.2) is 25.7 Å².